The summed E-state index contributed by atoms with van der Waals surface area (Å²) in [5, 5.41) is 7.71. The Morgan fingerprint density at radius 1 is 1.26 bits per heavy atom. The third-order valence-corrected chi connectivity index (χ3v) is 4.30. The van der Waals surface area contributed by atoms with Crippen LogP contribution in [0.5, 0.6) is 0 Å². The Kier molecular flexibility index (Phi) is 3.89. The fourth-order valence-electron chi connectivity index (χ4n) is 3.04. The number of carbonyl (C=O) groups is 2. The van der Waals surface area contributed by atoms with Crippen molar-refractivity contribution in [2.24, 2.45) is 5.73 Å². The predicted molar refractivity (Wildman–Crippen MR) is 82.7 cm³/mol. The van der Waals surface area contributed by atoms with E-state index >= 15 is 0 Å². The summed E-state index contributed by atoms with van der Waals surface area (Å²) in [6.45, 7) is 2.85. The first-order valence-corrected chi connectivity index (χ1v) is 7.54. The monoisotopic (exact) mass is 320 g/mol. The van der Waals surface area contributed by atoms with E-state index in [4.69, 9.17) is 11.5 Å². The lowest BCUT2D eigenvalue weighted by atomic mass is 10.0. The number of primary amides is 1. The molecule has 1 atom stereocenters. The summed E-state index contributed by atoms with van der Waals surface area (Å²) in [4.78, 5) is 33.0. The van der Waals surface area contributed by atoms with Gasteiger partial charge in [0.25, 0.3) is 5.91 Å². The molecule has 2 aliphatic rings. The molecule has 2 aliphatic heterocycles. The lowest BCUT2D eigenvalue weighted by Crippen LogP contribution is -2.49. The molecule has 0 unspecified atom stereocenters. The molecule has 0 bridgehead atoms. The average molecular weight is 320 g/mol. The second-order valence-electron chi connectivity index (χ2n) is 5.85. The van der Waals surface area contributed by atoms with E-state index in [0.717, 1.165) is 32.5 Å². The van der Waals surface area contributed by atoms with Gasteiger partial charge in [-0.1, -0.05) is 0 Å². The normalized spacial score (nSPS) is 21.9. The summed E-state index contributed by atoms with van der Waals surface area (Å²) in [7, 11) is 1.80. The Morgan fingerprint density at radius 2 is 2.04 bits per heavy atom. The number of likely N-dealkylation sites (N-methyl/N-ethyl adjacent to an activating group) is 1. The molecule has 10 nitrogen and oxygen atoms in total. The quantitative estimate of drug-likeness (QED) is 0.721. The second kappa shape index (κ2) is 5.86. The molecule has 23 heavy (non-hydrogen) atoms. The van der Waals surface area contributed by atoms with Crippen molar-refractivity contribution in [3.8, 4) is 0 Å². The molecule has 0 saturated carbocycles. The van der Waals surface area contributed by atoms with Gasteiger partial charge in [0, 0.05) is 33.2 Å². The molecule has 0 spiro atoms. The first kappa shape index (κ1) is 15.3. The number of piperidine rings is 1. The van der Waals surface area contributed by atoms with Gasteiger partial charge in [-0.2, -0.15) is 4.98 Å². The maximum atomic E-state index is 12.1. The van der Waals surface area contributed by atoms with Crippen molar-refractivity contribution < 1.29 is 9.59 Å². The zero-order chi connectivity index (χ0) is 16.6. The molecule has 2 fully saturated rings. The van der Waals surface area contributed by atoms with E-state index in [1.165, 1.54) is 0 Å². The molecule has 1 aromatic heterocycles. The Hall–Kier alpha value is -2.65. The summed E-state index contributed by atoms with van der Waals surface area (Å²) < 4.78 is 0. The highest BCUT2D eigenvalue weighted by molar-refractivity contribution is 5.94. The highest BCUT2D eigenvalue weighted by atomic mass is 16.2. The lowest BCUT2D eigenvalue weighted by molar-refractivity contribution is 0.0995. The Labute approximate surface area is 133 Å². The number of anilines is 2. The predicted octanol–water partition coefficient (Wildman–Crippen LogP) is -1.11. The number of aromatic nitrogens is 3. The van der Waals surface area contributed by atoms with E-state index in [0.29, 0.717) is 12.5 Å². The van der Waals surface area contributed by atoms with Crippen LogP contribution in [0, 0.1) is 0 Å². The van der Waals surface area contributed by atoms with E-state index < -0.39 is 5.91 Å². The number of amides is 3. The number of rotatable bonds is 3. The number of urea groups is 1. The van der Waals surface area contributed by atoms with E-state index in [2.05, 4.69) is 15.2 Å². The molecule has 4 N–H and O–H groups in total. The highest BCUT2D eigenvalue weighted by Gasteiger charge is 2.34. The molecule has 0 aromatic carbocycles. The maximum absolute atomic E-state index is 12.1. The molecule has 3 heterocycles. The minimum atomic E-state index is -0.753. The highest BCUT2D eigenvalue weighted by Crippen LogP contribution is 2.23. The largest absolute Gasteiger partial charge is 0.382 e. The van der Waals surface area contributed by atoms with Crippen molar-refractivity contribution >= 4 is 23.7 Å². The van der Waals surface area contributed by atoms with Gasteiger partial charge in [0.2, 0.25) is 5.95 Å². The minimum Gasteiger partial charge on any atom is -0.382 e. The van der Waals surface area contributed by atoms with E-state index in [-0.39, 0.29) is 23.6 Å². The van der Waals surface area contributed by atoms with Gasteiger partial charge >= 0.3 is 6.03 Å². The summed E-state index contributed by atoms with van der Waals surface area (Å²) in [5.74, 6) is -0.421. The third kappa shape index (κ3) is 2.83. The minimum absolute atomic E-state index is 0.0263. The summed E-state index contributed by atoms with van der Waals surface area (Å²) in [5.41, 5.74) is 10.7. The smallest absolute Gasteiger partial charge is 0.320 e. The number of nitrogens with zero attached hydrogens (tertiary/aromatic N) is 6. The van der Waals surface area contributed by atoms with E-state index in [1.807, 2.05) is 9.80 Å². The molecule has 124 valence electrons. The summed E-state index contributed by atoms with van der Waals surface area (Å²) in [6, 6.07) is 0.168. The number of nitrogen functional groups attached to an aromatic ring is 1. The topological polar surface area (TPSA) is 135 Å². The van der Waals surface area contributed by atoms with Crippen molar-refractivity contribution in [3.63, 3.8) is 0 Å². The van der Waals surface area contributed by atoms with Crippen LogP contribution in [0.1, 0.15) is 23.3 Å². The first-order valence-electron chi connectivity index (χ1n) is 7.54. The average Bonchev–Trinajstić information content (AvgIpc) is 2.86. The lowest BCUT2D eigenvalue weighted by Gasteiger charge is -2.37. The van der Waals surface area contributed by atoms with Crippen LogP contribution in [0.2, 0.25) is 0 Å². The number of hydrogen-bond acceptors (Lipinski definition) is 7. The van der Waals surface area contributed by atoms with Gasteiger partial charge in [-0.25, -0.2) is 4.79 Å². The molecule has 2 saturated heterocycles. The molecular weight excluding hydrogens is 300 g/mol. The molecule has 10 heteroatoms. The number of carbonyl (C=O) groups excluding carboxylic acids is 2. The second-order valence-corrected chi connectivity index (χ2v) is 5.85. The van der Waals surface area contributed by atoms with Crippen molar-refractivity contribution in [3.05, 3.63) is 5.69 Å². The molecule has 0 aliphatic carbocycles. The van der Waals surface area contributed by atoms with Gasteiger partial charge in [0.15, 0.2) is 11.5 Å². The Balaban J connectivity index is 1.75. The standard InChI is InChI=1S/C13H20N8O2/c1-19-5-6-21(13(19)23)8-3-2-4-20(7-8)12-16-10(14)9(11(15)22)17-18-12/h8H,2-7H2,1H3,(H2,15,22)(H2,14,16,18)/t8-/m1/s1. The third-order valence-electron chi connectivity index (χ3n) is 4.30. The molecule has 0 radical (unpaired) electrons. The fraction of sp³-hybridized carbons (Fsp3) is 0.615. The summed E-state index contributed by atoms with van der Waals surface area (Å²) in [6.07, 6.45) is 1.86. The van der Waals surface area contributed by atoms with Crippen LogP contribution in [0.4, 0.5) is 16.6 Å². The van der Waals surface area contributed by atoms with Gasteiger partial charge < -0.3 is 26.2 Å². The van der Waals surface area contributed by atoms with Crippen molar-refractivity contribution in [2.75, 3.05) is 43.9 Å². The Morgan fingerprint density at radius 3 is 2.65 bits per heavy atom. The number of nitrogens with two attached hydrogens (primary N) is 2. The van der Waals surface area contributed by atoms with Crippen LogP contribution in [-0.2, 0) is 0 Å². The summed E-state index contributed by atoms with van der Waals surface area (Å²) >= 11 is 0. The number of hydrogen-bond donors (Lipinski definition) is 2. The van der Waals surface area contributed by atoms with Crippen molar-refractivity contribution in [1.29, 1.82) is 0 Å². The Bertz CT molecular complexity index is 636. The van der Waals surface area contributed by atoms with Gasteiger partial charge in [0.1, 0.15) is 0 Å². The van der Waals surface area contributed by atoms with E-state index in [1.54, 1.807) is 11.9 Å². The van der Waals surface area contributed by atoms with Crippen molar-refractivity contribution in [2.45, 2.75) is 18.9 Å². The molecule has 3 amide bonds. The SMILES string of the molecule is CN1CCN([C@@H]2CCCN(c3nnc(C(N)=O)c(N)n3)C2)C1=O. The van der Waals surface area contributed by atoms with E-state index in [9.17, 15) is 9.59 Å². The van der Waals surface area contributed by atoms with Crippen LogP contribution in [0.15, 0.2) is 0 Å². The van der Waals surface area contributed by atoms with Crippen molar-refractivity contribution in [1.82, 2.24) is 25.0 Å². The van der Waals surface area contributed by atoms with Crippen LogP contribution in [-0.4, -0.2) is 76.2 Å². The molecule has 3 rings (SSSR count). The van der Waals surface area contributed by atoms with Gasteiger partial charge in [-0.3, -0.25) is 4.79 Å². The van der Waals surface area contributed by atoms with Crippen LogP contribution in [0.25, 0.3) is 0 Å². The van der Waals surface area contributed by atoms with Gasteiger partial charge in [-0.15, -0.1) is 10.2 Å². The van der Waals surface area contributed by atoms with Crippen LogP contribution >= 0.6 is 0 Å². The zero-order valence-electron chi connectivity index (χ0n) is 13.0. The van der Waals surface area contributed by atoms with Gasteiger partial charge in [0.05, 0.1) is 6.04 Å². The molecule has 1 aromatic rings. The molecular formula is C13H20N8O2. The first-order chi connectivity index (χ1) is 11.0. The maximum Gasteiger partial charge on any atom is 0.320 e. The van der Waals surface area contributed by atoms with Crippen LogP contribution in [0.3, 0.4) is 0 Å². The zero-order valence-corrected chi connectivity index (χ0v) is 13.0. The van der Waals surface area contributed by atoms with Gasteiger partial charge in [-0.05, 0) is 12.8 Å². The fourth-order valence-corrected chi connectivity index (χ4v) is 3.04. The van der Waals surface area contributed by atoms with Crippen LogP contribution < -0.4 is 16.4 Å².